The number of aryl methyl sites for hydroxylation is 1. The number of halogens is 2. The summed E-state index contributed by atoms with van der Waals surface area (Å²) in [6, 6.07) is 6.94. The van der Waals surface area contributed by atoms with E-state index < -0.39 is 0 Å². The van der Waals surface area contributed by atoms with Crippen LogP contribution < -0.4 is 10.6 Å². The van der Waals surface area contributed by atoms with E-state index in [1.54, 1.807) is 23.5 Å². The molecule has 28 heavy (non-hydrogen) atoms. The molecule has 2 N–H and O–H groups in total. The van der Waals surface area contributed by atoms with Crippen molar-refractivity contribution in [1.29, 1.82) is 0 Å². The predicted molar refractivity (Wildman–Crippen MR) is 123 cm³/mol. The van der Waals surface area contributed by atoms with Crippen molar-refractivity contribution in [3.05, 3.63) is 51.7 Å². The van der Waals surface area contributed by atoms with Crippen LogP contribution in [-0.2, 0) is 16.7 Å². The van der Waals surface area contributed by atoms with Crippen LogP contribution in [0.2, 0.25) is 0 Å². The number of ether oxygens (including phenoxy) is 1. The first-order valence-corrected chi connectivity index (χ1v) is 10.2. The van der Waals surface area contributed by atoms with Gasteiger partial charge in [-0.3, -0.25) is 0 Å². The summed E-state index contributed by atoms with van der Waals surface area (Å²) in [5.74, 6) is 0.561. The fourth-order valence-electron chi connectivity index (χ4n) is 3.36. The number of guanidine groups is 1. The van der Waals surface area contributed by atoms with Crippen molar-refractivity contribution >= 4 is 41.3 Å². The zero-order chi connectivity index (χ0) is 19.1. The number of aliphatic imine (C=N–C) groups is 1. The van der Waals surface area contributed by atoms with E-state index in [0.29, 0.717) is 26.3 Å². The van der Waals surface area contributed by atoms with Crippen LogP contribution in [-0.4, -0.2) is 37.2 Å². The minimum Gasteiger partial charge on any atom is -0.381 e. The van der Waals surface area contributed by atoms with Gasteiger partial charge in [-0.15, -0.1) is 35.3 Å². The molecule has 2 aromatic rings. The predicted octanol–water partition coefficient (Wildman–Crippen LogP) is 4.01. The van der Waals surface area contributed by atoms with Crippen molar-refractivity contribution in [3.8, 4) is 0 Å². The first kappa shape index (κ1) is 23.0. The second-order valence-electron chi connectivity index (χ2n) is 6.82. The van der Waals surface area contributed by atoms with E-state index in [1.165, 1.54) is 10.9 Å². The smallest absolute Gasteiger partial charge is 0.191 e. The summed E-state index contributed by atoms with van der Waals surface area (Å²) >= 11 is 1.66. The second-order valence-corrected chi connectivity index (χ2v) is 8.14. The molecular formula is C20H28FIN4OS. The Morgan fingerprint density at radius 2 is 2.11 bits per heavy atom. The number of hydrogen-bond acceptors (Lipinski definition) is 4. The summed E-state index contributed by atoms with van der Waals surface area (Å²) in [5, 5.41) is 7.75. The average molecular weight is 518 g/mol. The number of nitrogens with one attached hydrogen (secondary N) is 2. The number of benzene rings is 1. The molecule has 1 aliphatic heterocycles. The number of nitrogens with zero attached hydrogens (tertiary/aromatic N) is 2. The van der Waals surface area contributed by atoms with Crippen LogP contribution in [0.4, 0.5) is 4.39 Å². The molecule has 5 nitrogen and oxygen atoms in total. The van der Waals surface area contributed by atoms with Gasteiger partial charge in [-0.25, -0.2) is 14.4 Å². The Bertz CT molecular complexity index is 777. The van der Waals surface area contributed by atoms with Gasteiger partial charge >= 0.3 is 0 Å². The van der Waals surface area contributed by atoms with Crippen LogP contribution in [0.25, 0.3) is 0 Å². The minimum absolute atomic E-state index is 0. The van der Waals surface area contributed by atoms with Gasteiger partial charge in [0, 0.05) is 42.8 Å². The average Bonchev–Trinajstić information content (AvgIpc) is 3.10. The van der Waals surface area contributed by atoms with Crippen molar-refractivity contribution in [2.24, 2.45) is 4.99 Å². The highest BCUT2D eigenvalue weighted by molar-refractivity contribution is 14.0. The number of hydrogen-bond donors (Lipinski definition) is 2. The zero-order valence-electron chi connectivity index (χ0n) is 16.3. The van der Waals surface area contributed by atoms with Crippen LogP contribution in [0.3, 0.4) is 0 Å². The molecule has 0 amide bonds. The number of thiazole rings is 1. The van der Waals surface area contributed by atoms with Gasteiger partial charge in [0.15, 0.2) is 5.96 Å². The highest BCUT2D eigenvalue weighted by Gasteiger charge is 2.34. The van der Waals surface area contributed by atoms with E-state index in [2.05, 4.69) is 20.6 Å². The van der Waals surface area contributed by atoms with E-state index in [4.69, 9.17) is 4.74 Å². The lowest BCUT2D eigenvalue weighted by Crippen LogP contribution is -2.48. The van der Waals surface area contributed by atoms with Crippen molar-refractivity contribution in [2.45, 2.75) is 38.6 Å². The van der Waals surface area contributed by atoms with Crippen molar-refractivity contribution in [3.63, 3.8) is 0 Å². The minimum atomic E-state index is -0.196. The van der Waals surface area contributed by atoms with E-state index in [-0.39, 0.29) is 35.2 Å². The maximum Gasteiger partial charge on any atom is 0.191 e. The van der Waals surface area contributed by atoms with Gasteiger partial charge in [-0.05, 0) is 44.4 Å². The SMILES string of the molecule is CCNC(=NCc1ncc(C)s1)NCC1(c2cccc(F)c2)CCOCC1.I. The van der Waals surface area contributed by atoms with E-state index in [9.17, 15) is 4.39 Å². The topological polar surface area (TPSA) is 58.5 Å². The molecule has 0 saturated carbocycles. The summed E-state index contributed by atoms with van der Waals surface area (Å²) < 4.78 is 19.4. The first-order valence-electron chi connectivity index (χ1n) is 9.38. The summed E-state index contributed by atoms with van der Waals surface area (Å²) in [5.41, 5.74) is 0.860. The molecule has 1 aromatic carbocycles. The summed E-state index contributed by atoms with van der Waals surface area (Å²) in [6.07, 6.45) is 3.58. The van der Waals surface area contributed by atoms with Crippen LogP contribution >= 0.6 is 35.3 Å². The molecule has 0 aliphatic carbocycles. The fraction of sp³-hybridized carbons (Fsp3) is 0.500. The van der Waals surface area contributed by atoms with Gasteiger partial charge in [0.25, 0.3) is 0 Å². The Labute approximate surface area is 187 Å². The van der Waals surface area contributed by atoms with Crippen molar-refractivity contribution < 1.29 is 9.13 Å². The zero-order valence-corrected chi connectivity index (χ0v) is 19.5. The van der Waals surface area contributed by atoms with E-state index in [1.807, 2.05) is 26.1 Å². The second kappa shape index (κ2) is 11.1. The number of rotatable bonds is 6. The molecule has 2 heterocycles. The van der Waals surface area contributed by atoms with Gasteiger partial charge in [-0.1, -0.05) is 12.1 Å². The Balaban J connectivity index is 0.00000280. The lowest BCUT2D eigenvalue weighted by Gasteiger charge is -2.38. The highest BCUT2D eigenvalue weighted by Crippen LogP contribution is 2.34. The van der Waals surface area contributed by atoms with Crippen molar-refractivity contribution in [2.75, 3.05) is 26.3 Å². The first-order chi connectivity index (χ1) is 13.1. The third-order valence-corrected chi connectivity index (χ3v) is 5.76. The third-order valence-electron chi connectivity index (χ3n) is 4.87. The molecule has 1 fully saturated rings. The lowest BCUT2D eigenvalue weighted by molar-refractivity contribution is 0.0513. The van der Waals surface area contributed by atoms with Crippen LogP contribution in [0.1, 0.15) is 35.2 Å². The summed E-state index contributed by atoms with van der Waals surface area (Å²) in [4.78, 5) is 10.2. The molecule has 8 heteroatoms. The summed E-state index contributed by atoms with van der Waals surface area (Å²) in [6.45, 7) is 7.46. The summed E-state index contributed by atoms with van der Waals surface area (Å²) in [7, 11) is 0. The van der Waals surface area contributed by atoms with Gasteiger partial charge in [0.2, 0.25) is 0 Å². The quantitative estimate of drug-likeness (QED) is 0.345. The van der Waals surface area contributed by atoms with Gasteiger partial charge < -0.3 is 15.4 Å². The Morgan fingerprint density at radius 3 is 2.75 bits per heavy atom. The normalized spacial score (nSPS) is 16.3. The molecule has 0 bridgehead atoms. The Kier molecular flexibility index (Phi) is 9.10. The lowest BCUT2D eigenvalue weighted by atomic mass is 9.74. The molecular weight excluding hydrogens is 490 g/mol. The Morgan fingerprint density at radius 1 is 1.32 bits per heavy atom. The largest absolute Gasteiger partial charge is 0.381 e. The molecule has 0 radical (unpaired) electrons. The standard InChI is InChI=1S/C20H27FN4OS.HI/c1-3-22-19(24-13-18-23-12-15(2)27-18)25-14-20(7-9-26-10-8-20)16-5-4-6-17(21)11-16;/h4-6,11-12H,3,7-10,13-14H2,1-2H3,(H2,22,24,25);1H. The van der Waals surface area contributed by atoms with Gasteiger partial charge in [-0.2, -0.15) is 0 Å². The van der Waals surface area contributed by atoms with Crippen molar-refractivity contribution in [1.82, 2.24) is 15.6 Å². The van der Waals surface area contributed by atoms with Crippen LogP contribution in [0.5, 0.6) is 0 Å². The van der Waals surface area contributed by atoms with Gasteiger partial charge in [0.05, 0.1) is 6.54 Å². The molecule has 3 rings (SSSR count). The molecule has 1 aliphatic rings. The van der Waals surface area contributed by atoms with Crippen LogP contribution in [0, 0.1) is 12.7 Å². The molecule has 1 aromatic heterocycles. The third kappa shape index (κ3) is 6.12. The molecule has 0 atom stereocenters. The van der Waals surface area contributed by atoms with Gasteiger partial charge in [0.1, 0.15) is 10.8 Å². The fourth-order valence-corrected chi connectivity index (χ4v) is 4.08. The maximum atomic E-state index is 13.8. The number of aromatic nitrogens is 1. The molecule has 154 valence electrons. The van der Waals surface area contributed by atoms with E-state index >= 15 is 0 Å². The monoisotopic (exact) mass is 518 g/mol. The van der Waals surface area contributed by atoms with E-state index in [0.717, 1.165) is 35.9 Å². The Hall–Kier alpha value is -1.26. The molecule has 0 spiro atoms. The van der Waals surface area contributed by atoms with Crippen LogP contribution in [0.15, 0.2) is 35.5 Å². The molecule has 0 unspecified atom stereocenters. The molecule has 1 saturated heterocycles. The highest BCUT2D eigenvalue weighted by atomic mass is 127. The maximum absolute atomic E-state index is 13.8.